The number of nitrogens with one attached hydrogen (secondary N) is 1. The van der Waals surface area contributed by atoms with Gasteiger partial charge in [0.15, 0.2) is 0 Å². The number of fused-ring (bicyclic) bond motifs is 1. The molecule has 36 heavy (non-hydrogen) atoms. The van der Waals surface area contributed by atoms with Gasteiger partial charge >= 0.3 is 12.2 Å². The van der Waals surface area contributed by atoms with Crippen molar-refractivity contribution in [2.45, 2.75) is 37.1 Å². The van der Waals surface area contributed by atoms with Crippen LogP contribution in [-0.2, 0) is 16.2 Å². The van der Waals surface area contributed by atoms with Gasteiger partial charge in [-0.05, 0) is 49.4 Å². The van der Waals surface area contributed by atoms with Crippen LogP contribution in [0.25, 0.3) is 0 Å². The molecule has 2 amide bonds. The summed E-state index contributed by atoms with van der Waals surface area (Å²) < 4.78 is 72.9. The SMILES string of the molecule is C[C@@H]1CN([C@H](C)CO)S(=O)(=O)c2ccc(Br)cc2O[C@@H]1CN(C)C(=O)Nc1ccc(C(F)(F)F)cc1. The minimum Gasteiger partial charge on any atom is -0.487 e. The molecule has 0 aromatic heterocycles. The standard InChI is InChI=1S/C23H27BrF3N3O5S/c1-14-11-30(15(2)13-31)36(33,34)21-9-6-17(24)10-19(21)35-20(14)12-29(3)22(32)28-18-7-4-16(5-8-18)23(25,26)27/h4-10,14-15,20,31H,11-13H2,1-3H3,(H,28,32)/t14-,15-,20-/m1/s1. The van der Waals surface area contributed by atoms with Gasteiger partial charge in [-0.1, -0.05) is 22.9 Å². The van der Waals surface area contributed by atoms with Gasteiger partial charge in [-0.3, -0.25) is 0 Å². The van der Waals surface area contributed by atoms with Gasteiger partial charge in [0.2, 0.25) is 10.0 Å². The zero-order valence-corrected chi connectivity index (χ0v) is 22.2. The van der Waals surface area contributed by atoms with Gasteiger partial charge in [-0.25, -0.2) is 13.2 Å². The number of likely N-dealkylation sites (N-methyl/N-ethyl adjacent to an activating group) is 1. The first-order valence-corrected chi connectivity index (χ1v) is 13.3. The second-order valence-electron chi connectivity index (χ2n) is 8.72. The van der Waals surface area contributed by atoms with Crippen LogP contribution in [0.15, 0.2) is 51.8 Å². The van der Waals surface area contributed by atoms with E-state index in [4.69, 9.17) is 4.74 Å². The molecule has 0 radical (unpaired) electrons. The molecule has 1 aliphatic heterocycles. The first-order valence-electron chi connectivity index (χ1n) is 11.0. The maximum Gasteiger partial charge on any atom is 0.416 e. The van der Waals surface area contributed by atoms with Crippen molar-refractivity contribution in [3.8, 4) is 5.75 Å². The van der Waals surface area contributed by atoms with Crippen LogP contribution in [0.1, 0.15) is 19.4 Å². The highest BCUT2D eigenvalue weighted by atomic mass is 79.9. The quantitative estimate of drug-likeness (QED) is 0.535. The molecule has 0 saturated carbocycles. The van der Waals surface area contributed by atoms with Crippen LogP contribution in [-0.4, -0.2) is 67.7 Å². The second-order valence-corrected chi connectivity index (χ2v) is 11.5. The summed E-state index contributed by atoms with van der Waals surface area (Å²) in [6, 6.07) is 7.34. The van der Waals surface area contributed by atoms with E-state index in [-0.39, 0.29) is 41.9 Å². The lowest BCUT2D eigenvalue weighted by molar-refractivity contribution is -0.137. The fourth-order valence-corrected chi connectivity index (χ4v) is 5.90. The number of hydrogen-bond acceptors (Lipinski definition) is 5. The Morgan fingerprint density at radius 1 is 1.28 bits per heavy atom. The second kappa shape index (κ2) is 11.0. The predicted molar refractivity (Wildman–Crippen MR) is 131 cm³/mol. The van der Waals surface area contributed by atoms with E-state index in [0.29, 0.717) is 4.47 Å². The Morgan fingerprint density at radius 3 is 2.50 bits per heavy atom. The van der Waals surface area contributed by atoms with Crippen LogP contribution in [0.5, 0.6) is 5.75 Å². The first-order chi connectivity index (χ1) is 16.7. The van der Waals surface area contributed by atoms with Crippen molar-refractivity contribution < 1.29 is 36.2 Å². The Morgan fingerprint density at radius 2 is 1.92 bits per heavy atom. The normalized spacial score (nSPS) is 20.9. The Bertz CT molecular complexity index is 1190. The van der Waals surface area contributed by atoms with Crippen LogP contribution in [0.4, 0.5) is 23.7 Å². The molecule has 0 spiro atoms. The summed E-state index contributed by atoms with van der Waals surface area (Å²) >= 11 is 3.32. The highest BCUT2D eigenvalue weighted by Gasteiger charge is 2.38. The molecule has 8 nitrogen and oxygen atoms in total. The highest BCUT2D eigenvalue weighted by Crippen LogP contribution is 2.35. The minimum atomic E-state index is -4.48. The van der Waals surface area contributed by atoms with Gasteiger partial charge in [0.1, 0.15) is 16.7 Å². The summed E-state index contributed by atoms with van der Waals surface area (Å²) in [4.78, 5) is 14.0. The van der Waals surface area contributed by atoms with Gasteiger partial charge in [-0.15, -0.1) is 0 Å². The van der Waals surface area contributed by atoms with E-state index < -0.39 is 39.9 Å². The number of hydrogen-bond donors (Lipinski definition) is 2. The van der Waals surface area contributed by atoms with Gasteiger partial charge in [0.05, 0.1) is 18.7 Å². The molecular weight excluding hydrogens is 567 g/mol. The lowest BCUT2D eigenvalue weighted by Crippen LogP contribution is -2.50. The van der Waals surface area contributed by atoms with E-state index in [1.807, 2.05) is 0 Å². The Kier molecular flexibility index (Phi) is 8.59. The minimum absolute atomic E-state index is 0.0403. The van der Waals surface area contributed by atoms with Crippen LogP contribution >= 0.6 is 15.9 Å². The van der Waals surface area contributed by atoms with E-state index in [1.165, 1.54) is 28.4 Å². The number of sulfonamides is 1. The van der Waals surface area contributed by atoms with Crippen LogP contribution in [0, 0.1) is 5.92 Å². The number of amides is 2. The number of carbonyl (C=O) groups excluding carboxylic acids is 1. The molecular formula is C23H27BrF3N3O5S. The predicted octanol–water partition coefficient (Wildman–Crippen LogP) is 4.40. The Hall–Kier alpha value is -2.35. The van der Waals surface area contributed by atoms with E-state index in [1.54, 1.807) is 19.9 Å². The molecule has 2 aromatic carbocycles. The molecule has 3 rings (SSSR count). The Labute approximate surface area is 216 Å². The maximum atomic E-state index is 13.3. The molecule has 0 saturated heterocycles. The third kappa shape index (κ3) is 6.31. The maximum absolute atomic E-state index is 13.3. The number of halogens is 4. The summed E-state index contributed by atoms with van der Waals surface area (Å²) in [5.74, 6) is -0.283. The Balaban J connectivity index is 1.83. The molecule has 0 bridgehead atoms. The lowest BCUT2D eigenvalue weighted by atomic mass is 10.0. The van der Waals surface area contributed by atoms with Crippen LogP contribution in [0.2, 0.25) is 0 Å². The largest absolute Gasteiger partial charge is 0.487 e. The zero-order valence-electron chi connectivity index (χ0n) is 19.8. The van der Waals surface area contributed by atoms with Gasteiger partial charge < -0.3 is 20.1 Å². The fraction of sp³-hybridized carbons (Fsp3) is 0.435. The van der Waals surface area contributed by atoms with Crippen LogP contribution < -0.4 is 10.1 Å². The number of ether oxygens (including phenoxy) is 1. The average molecular weight is 594 g/mol. The number of nitrogens with zero attached hydrogens (tertiary/aromatic N) is 2. The lowest BCUT2D eigenvalue weighted by Gasteiger charge is -2.37. The molecule has 2 N–H and O–H groups in total. The molecule has 0 aliphatic carbocycles. The van der Waals surface area contributed by atoms with Crippen molar-refractivity contribution in [3.05, 3.63) is 52.5 Å². The number of anilines is 1. The van der Waals surface area contributed by atoms with Crippen LogP contribution in [0.3, 0.4) is 0 Å². The molecule has 13 heteroatoms. The highest BCUT2D eigenvalue weighted by molar-refractivity contribution is 9.10. The van der Waals surface area contributed by atoms with E-state index in [2.05, 4.69) is 21.2 Å². The third-order valence-electron chi connectivity index (χ3n) is 5.89. The third-order valence-corrected chi connectivity index (χ3v) is 8.41. The van der Waals surface area contributed by atoms with Crippen molar-refractivity contribution in [1.29, 1.82) is 0 Å². The van der Waals surface area contributed by atoms with Crippen molar-refractivity contribution in [3.63, 3.8) is 0 Å². The molecule has 1 heterocycles. The molecule has 0 fully saturated rings. The average Bonchev–Trinajstić information content (AvgIpc) is 2.80. The topological polar surface area (TPSA) is 99.2 Å². The zero-order chi connectivity index (χ0) is 26.8. The summed E-state index contributed by atoms with van der Waals surface area (Å²) in [6.07, 6.45) is -5.11. The summed E-state index contributed by atoms with van der Waals surface area (Å²) in [6.45, 7) is 3.10. The number of alkyl halides is 3. The molecule has 3 atom stereocenters. The monoisotopic (exact) mass is 593 g/mol. The van der Waals surface area contributed by atoms with Gasteiger partial charge in [0, 0.05) is 35.7 Å². The smallest absolute Gasteiger partial charge is 0.416 e. The summed E-state index contributed by atoms with van der Waals surface area (Å²) in [5.41, 5.74) is -0.637. The van der Waals surface area contributed by atoms with Gasteiger partial charge in [0.25, 0.3) is 0 Å². The number of aliphatic hydroxyl groups is 1. The fourth-order valence-electron chi connectivity index (χ4n) is 3.73. The molecule has 0 unspecified atom stereocenters. The summed E-state index contributed by atoms with van der Waals surface area (Å²) in [7, 11) is -2.47. The van der Waals surface area contributed by atoms with Crippen molar-refractivity contribution in [2.75, 3.05) is 32.1 Å². The van der Waals surface area contributed by atoms with E-state index in [0.717, 1.165) is 24.3 Å². The number of urea groups is 1. The number of aliphatic hydroxyl groups excluding tert-OH is 1. The summed E-state index contributed by atoms with van der Waals surface area (Å²) in [5, 5.41) is 12.2. The van der Waals surface area contributed by atoms with Crippen molar-refractivity contribution >= 4 is 37.7 Å². The van der Waals surface area contributed by atoms with E-state index >= 15 is 0 Å². The molecule has 2 aromatic rings. The van der Waals surface area contributed by atoms with Crippen molar-refractivity contribution in [2.24, 2.45) is 5.92 Å². The molecule has 1 aliphatic rings. The van der Waals surface area contributed by atoms with E-state index in [9.17, 15) is 31.5 Å². The number of rotatable bonds is 5. The van der Waals surface area contributed by atoms with Crippen molar-refractivity contribution in [1.82, 2.24) is 9.21 Å². The van der Waals surface area contributed by atoms with Gasteiger partial charge in [-0.2, -0.15) is 17.5 Å². The first kappa shape index (κ1) is 28.2. The molecule has 198 valence electrons. The number of benzene rings is 2. The number of carbonyl (C=O) groups is 1.